The summed E-state index contributed by atoms with van der Waals surface area (Å²) in [7, 11) is 1.66. The first-order chi connectivity index (χ1) is 12.2. The van der Waals surface area contributed by atoms with Gasteiger partial charge in [0.1, 0.15) is 5.75 Å². The van der Waals surface area contributed by atoms with Gasteiger partial charge in [-0.3, -0.25) is 4.79 Å². The molecule has 0 aliphatic heterocycles. The summed E-state index contributed by atoms with van der Waals surface area (Å²) >= 11 is 0. The van der Waals surface area contributed by atoms with Gasteiger partial charge in [-0.15, -0.1) is 0 Å². The molecule has 0 aliphatic rings. The van der Waals surface area contributed by atoms with Gasteiger partial charge < -0.3 is 19.4 Å². The molecule has 2 rings (SSSR count). The molecule has 0 spiro atoms. The van der Waals surface area contributed by atoms with Crippen molar-refractivity contribution in [3.05, 3.63) is 48.0 Å². The van der Waals surface area contributed by atoms with Crippen LogP contribution >= 0.6 is 0 Å². The average Bonchev–Trinajstić information content (AvgIpc) is 3.09. The van der Waals surface area contributed by atoms with Crippen LogP contribution < -0.4 is 10.1 Å². The van der Waals surface area contributed by atoms with Crippen molar-refractivity contribution in [1.82, 2.24) is 14.9 Å². The molecular formula is C19H27N3O3. The minimum absolute atomic E-state index is 0.000341. The van der Waals surface area contributed by atoms with E-state index in [0.29, 0.717) is 25.6 Å². The highest BCUT2D eigenvalue weighted by atomic mass is 16.5. The largest absolute Gasteiger partial charge is 0.483 e. The van der Waals surface area contributed by atoms with E-state index in [-0.39, 0.29) is 12.5 Å². The summed E-state index contributed by atoms with van der Waals surface area (Å²) in [5.74, 6) is 1.02. The third-order valence-corrected chi connectivity index (χ3v) is 4.22. The second-order valence-corrected chi connectivity index (χ2v) is 5.98. The van der Waals surface area contributed by atoms with Crippen molar-refractivity contribution < 1.29 is 14.3 Å². The van der Waals surface area contributed by atoms with E-state index in [9.17, 15) is 4.79 Å². The molecule has 136 valence electrons. The summed E-state index contributed by atoms with van der Waals surface area (Å²) in [6.45, 7) is 6.02. The van der Waals surface area contributed by atoms with Gasteiger partial charge in [-0.25, -0.2) is 4.98 Å². The lowest BCUT2D eigenvalue weighted by Crippen LogP contribution is -2.29. The number of hydrogen-bond acceptors (Lipinski definition) is 4. The molecular weight excluding hydrogens is 318 g/mol. The lowest BCUT2D eigenvalue weighted by atomic mass is 9.98. The molecule has 1 heterocycles. The SMILES string of the molecule is CC[C@H](C)c1ccccc1OCC(=O)NCc1cncn1CCOC. The summed E-state index contributed by atoms with van der Waals surface area (Å²) in [6, 6.07) is 7.88. The Labute approximate surface area is 149 Å². The minimum atomic E-state index is -0.154. The molecule has 0 aliphatic carbocycles. The van der Waals surface area contributed by atoms with E-state index < -0.39 is 0 Å². The smallest absolute Gasteiger partial charge is 0.258 e. The standard InChI is InChI=1S/C19H27N3O3/c1-4-15(2)17-7-5-6-8-18(17)25-13-19(23)21-12-16-11-20-14-22(16)9-10-24-3/h5-8,11,14-15H,4,9-10,12-13H2,1-3H3,(H,21,23)/t15-/m0/s1. The van der Waals surface area contributed by atoms with E-state index in [1.807, 2.05) is 22.8 Å². The Morgan fingerprint density at radius 2 is 2.16 bits per heavy atom. The van der Waals surface area contributed by atoms with Crippen LogP contribution in [0.25, 0.3) is 0 Å². The van der Waals surface area contributed by atoms with Crippen molar-refractivity contribution in [2.24, 2.45) is 0 Å². The molecule has 0 radical (unpaired) electrons. The molecule has 1 aromatic heterocycles. The Hall–Kier alpha value is -2.34. The molecule has 6 nitrogen and oxygen atoms in total. The summed E-state index contributed by atoms with van der Waals surface area (Å²) in [5.41, 5.74) is 2.07. The van der Waals surface area contributed by atoms with Gasteiger partial charge in [0.2, 0.25) is 0 Å². The number of carbonyl (C=O) groups is 1. The van der Waals surface area contributed by atoms with Crippen molar-refractivity contribution in [3.8, 4) is 5.75 Å². The van der Waals surface area contributed by atoms with Crippen LogP contribution in [0.5, 0.6) is 5.75 Å². The third kappa shape index (κ3) is 5.60. The van der Waals surface area contributed by atoms with Crippen LogP contribution in [0.4, 0.5) is 0 Å². The van der Waals surface area contributed by atoms with Gasteiger partial charge in [0.15, 0.2) is 6.61 Å². The topological polar surface area (TPSA) is 65.4 Å². The van der Waals surface area contributed by atoms with Crippen molar-refractivity contribution >= 4 is 5.91 Å². The normalized spacial score (nSPS) is 12.0. The lowest BCUT2D eigenvalue weighted by Gasteiger charge is -2.15. The summed E-state index contributed by atoms with van der Waals surface area (Å²) in [6.07, 6.45) is 4.51. The van der Waals surface area contributed by atoms with Crippen LogP contribution in [-0.4, -0.2) is 35.8 Å². The lowest BCUT2D eigenvalue weighted by molar-refractivity contribution is -0.123. The predicted octanol–water partition coefficient (Wildman–Crippen LogP) is 2.74. The molecule has 0 fully saturated rings. The third-order valence-electron chi connectivity index (χ3n) is 4.22. The fraction of sp³-hybridized carbons (Fsp3) is 0.474. The Balaban J connectivity index is 1.85. The molecule has 1 atom stereocenters. The number of nitrogens with one attached hydrogen (secondary N) is 1. The monoisotopic (exact) mass is 345 g/mol. The maximum atomic E-state index is 12.1. The predicted molar refractivity (Wildman–Crippen MR) is 96.6 cm³/mol. The average molecular weight is 345 g/mol. The number of nitrogens with zero attached hydrogens (tertiary/aromatic N) is 2. The molecule has 1 amide bonds. The highest BCUT2D eigenvalue weighted by Crippen LogP contribution is 2.28. The number of imidazole rings is 1. The van der Waals surface area contributed by atoms with Gasteiger partial charge in [0.05, 0.1) is 25.2 Å². The van der Waals surface area contributed by atoms with Gasteiger partial charge in [-0.05, 0) is 24.0 Å². The van der Waals surface area contributed by atoms with E-state index in [2.05, 4.69) is 30.2 Å². The molecule has 2 aromatic rings. The number of amides is 1. The van der Waals surface area contributed by atoms with Gasteiger partial charge in [-0.2, -0.15) is 0 Å². The number of aromatic nitrogens is 2. The van der Waals surface area contributed by atoms with Crippen LogP contribution in [0.15, 0.2) is 36.8 Å². The van der Waals surface area contributed by atoms with Gasteiger partial charge in [0.25, 0.3) is 5.91 Å². The zero-order chi connectivity index (χ0) is 18.1. The fourth-order valence-corrected chi connectivity index (χ4v) is 2.51. The Morgan fingerprint density at radius 3 is 2.92 bits per heavy atom. The first kappa shape index (κ1) is 19.0. The van der Waals surface area contributed by atoms with Crippen molar-refractivity contribution in [2.45, 2.75) is 39.3 Å². The number of hydrogen-bond donors (Lipinski definition) is 1. The van der Waals surface area contributed by atoms with Gasteiger partial charge in [-0.1, -0.05) is 32.0 Å². The Morgan fingerprint density at radius 1 is 1.36 bits per heavy atom. The molecule has 1 aromatic carbocycles. The molecule has 1 N–H and O–H groups in total. The second-order valence-electron chi connectivity index (χ2n) is 5.98. The van der Waals surface area contributed by atoms with Crippen LogP contribution in [0, 0.1) is 0 Å². The second kappa shape index (κ2) is 9.84. The summed E-state index contributed by atoms with van der Waals surface area (Å²) < 4.78 is 12.8. The van der Waals surface area contributed by atoms with E-state index in [1.54, 1.807) is 19.6 Å². The van der Waals surface area contributed by atoms with Crippen LogP contribution in [0.2, 0.25) is 0 Å². The maximum absolute atomic E-state index is 12.1. The number of ether oxygens (including phenoxy) is 2. The molecule has 0 unspecified atom stereocenters. The number of rotatable bonds is 10. The highest BCUT2D eigenvalue weighted by Gasteiger charge is 2.11. The van der Waals surface area contributed by atoms with E-state index in [0.717, 1.165) is 23.4 Å². The zero-order valence-corrected chi connectivity index (χ0v) is 15.2. The van der Waals surface area contributed by atoms with Crippen molar-refractivity contribution in [3.63, 3.8) is 0 Å². The molecule has 25 heavy (non-hydrogen) atoms. The fourth-order valence-electron chi connectivity index (χ4n) is 2.51. The molecule has 6 heteroatoms. The van der Waals surface area contributed by atoms with E-state index in [1.165, 1.54) is 0 Å². The quantitative estimate of drug-likeness (QED) is 0.719. The van der Waals surface area contributed by atoms with Crippen LogP contribution in [-0.2, 0) is 22.6 Å². The Bertz CT molecular complexity index is 669. The first-order valence-corrected chi connectivity index (χ1v) is 8.62. The highest BCUT2D eigenvalue weighted by molar-refractivity contribution is 5.77. The van der Waals surface area contributed by atoms with Crippen molar-refractivity contribution in [2.75, 3.05) is 20.3 Å². The number of carbonyl (C=O) groups excluding carboxylic acids is 1. The van der Waals surface area contributed by atoms with Crippen LogP contribution in [0.3, 0.4) is 0 Å². The molecule has 0 saturated heterocycles. The number of methoxy groups -OCH3 is 1. The van der Waals surface area contributed by atoms with E-state index in [4.69, 9.17) is 9.47 Å². The molecule has 0 saturated carbocycles. The number of benzene rings is 1. The first-order valence-electron chi connectivity index (χ1n) is 8.62. The Kier molecular flexibility index (Phi) is 7.47. The van der Waals surface area contributed by atoms with Crippen LogP contribution in [0.1, 0.15) is 37.4 Å². The van der Waals surface area contributed by atoms with Gasteiger partial charge >= 0.3 is 0 Å². The maximum Gasteiger partial charge on any atom is 0.258 e. The van der Waals surface area contributed by atoms with E-state index >= 15 is 0 Å². The minimum Gasteiger partial charge on any atom is -0.483 e. The summed E-state index contributed by atoms with van der Waals surface area (Å²) in [4.78, 5) is 16.2. The zero-order valence-electron chi connectivity index (χ0n) is 15.2. The summed E-state index contributed by atoms with van der Waals surface area (Å²) in [5, 5.41) is 2.87. The molecule has 0 bridgehead atoms. The number of para-hydroxylation sites is 1. The van der Waals surface area contributed by atoms with Gasteiger partial charge in [0, 0.05) is 19.9 Å². The van der Waals surface area contributed by atoms with Crippen molar-refractivity contribution in [1.29, 1.82) is 0 Å².